The molecule has 2 saturated heterocycles. The summed E-state index contributed by atoms with van der Waals surface area (Å²) in [5.74, 6) is 0.0674. The first-order valence-electron chi connectivity index (χ1n) is 8.18. The van der Waals surface area contributed by atoms with Gasteiger partial charge < -0.3 is 16.0 Å². The fourth-order valence-electron chi connectivity index (χ4n) is 3.14. The lowest BCUT2D eigenvalue weighted by molar-refractivity contribution is -0.124. The van der Waals surface area contributed by atoms with Crippen molar-refractivity contribution in [1.82, 2.24) is 21.5 Å². The summed E-state index contributed by atoms with van der Waals surface area (Å²) in [5, 5.41) is 8.97. The molecule has 3 atom stereocenters. The number of nitrogens with one attached hydrogen (secondary N) is 5. The number of fused-ring (bicyclic) bond motifs is 1. The Balaban J connectivity index is 0.00000225. The van der Waals surface area contributed by atoms with Gasteiger partial charge in [0.05, 0.1) is 0 Å². The molecule has 138 valence electrons. The van der Waals surface area contributed by atoms with E-state index in [0.29, 0.717) is 12.6 Å². The maximum absolute atomic E-state index is 12.3. The minimum absolute atomic E-state index is 0. The van der Waals surface area contributed by atoms with Crippen LogP contribution in [0.3, 0.4) is 0 Å². The average molecular weight is 433 g/mol. The van der Waals surface area contributed by atoms with Gasteiger partial charge in [-0.2, -0.15) is 0 Å². The highest BCUT2D eigenvalue weighted by Crippen LogP contribution is 2.20. The highest BCUT2D eigenvalue weighted by molar-refractivity contribution is 9.10. The van der Waals surface area contributed by atoms with Gasteiger partial charge in [-0.1, -0.05) is 15.9 Å². The van der Waals surface area contributed by atoms with Crippen molar-refractivity contribution in [2.75, 3.05) is 25.0 Å². The second-order valence-electron chi connectivity index (χ2n) is 6.13. The van der Waals surface area contributed by atoms with Crippen molar-refractivity contribution in [2.45, 2.75) is 24.9 Å². The minimum Gasteiger partial charge on any atom is -0.354 e. The van der Waals surface area contributed by atoms with Crippen LogP contribution in [-0.4, -0.2) is 43.5 Å². The SMILES string of the molecule is Cl.O=C(CCNC(=O)C1NNC2CCNCC21)Nc1ccc(Br)cc1. The lowest BCUT2D eigenvalue weighted by atomic mass is 9.89. The largest absolute Gasteiger partial charge is 0.354 e. The van der Waals surface area contributed by atoms with Gasteiger partial charge in [-0.3, -0.25) is 15.0 Å². The Hall–Kier alpha value is -1.19. The van der Waals surface area contributed by atoms with Gasteiger partial charge in [0.25, 0.3) is 0 Å². The maximum atomic E-state index is 12.3. The Morgan fingerprint density at radius 3 is 2.72 bits per heavy atom. The Labute approximate surface area is 161 Å². The number of anilines is 1. The minimum atomic E-state index is -0.252. The van der Waals surface area contributed by atoms with Crippen LogP contribution in [0.5, 0.6) is 0 Å². The Bertz CT molecular complexity index is 601. The molecular weight excluding hydrogens is 410 g/mol. The van der Waals surface area contributed by atoms with Crippen molar-refractivity contribution < 1.29 is 9.59 Å². The predicted molar refractivity (Wildman–Crippen MR) is 102 cm³/mol. The normalized spacial score (nSPS) is 24.8. The summed E-state index contributed by atoms with van der Waals surface area (Å²) in [6, 6.07) is 7.46. The van der Waals surface area contributed by atoms with Crippen LogP contribution in [0.4, 0.5) is 5.69 Å². The molecule has 2 aliphatic heterocycles. The van der Waals surface area contributed by atoms with Crippen LogP contribution >= 0.6 is 28.3 Å². The monoisotopic (exact) mass is 431 g/mol. The molecule has 2 amide bonds. The first kappa shape index (κ1) is 20.1. The van der Waals surface area contributed by atoms with Crippen LogP contribution in [-0.2, 0) is 9.59 Å². The highest BCUT2D eigenvalue weighted by Gasteiger charge is 2.40. The number of benzene rings is 1. The third kappa shape index (κ3) is 5.39. The number of piperidine rings is 1. The molecular formula is C16H23BrClN5O2. The van der Waals surface area contributed by atoms with E-state index in [0.717, 1.165) is 29.7 Å². The molecule has 3 unspecified atom stereocenters. The van der Waals surface area contributed by atoms with Gasteiger partial charge >= 0.3 is 0 Å². The summed E-state index contributed by atoms with van der Waals surface area (Å²) < 4.78 is 0.959. The van der Waals surface area contributed by atoms with E-state index in [4.69, 9.17) is 0 Å². The van der Waals surface area contributed by atoms with E-state index in [1.165, 1.54) is 0 Å². The summed E-state index contributed by atoms with van der Waals surface area (Å²) in [6.07, 6.45) is 1.26. The standard InChI is InChI=1S/C16H22BrN5O2.ClH/c17-10-1-3-11(4-2-10)20-14(23)6-8-19-16(24)15-12-9-18-7-5-13(12)21-22-15;/h1-4,12-13,15,18,21-22H,5-9H2,(H,19,24)(H,20,23);1H. The van der Waals surface area contributed by atoms with E-state index in [-0.39, 0.29) is 42.6 Å². The molecule has 7 nitrogen and oxygen atoms in total. The fourth-order valence-corrected chi connectivity index (χ4v) is 3.41. The molecule has 2 fully saturated rings. The van der Waals surface area contributed by atoms with E-state index in [1.807, 2.05) is 24.3 Å². The third-order valence-corrected chi connectivity index (χ3v) is 4.97. The number of hydrazine groups is 1. The van der Waals surface area contributed by atoms with Gasteiger partial charge in [0.1, 0.15) is 6.04 Å². The third-order valence-electron chi connectivity index (χ3n) is 4.44. The maximum Gasteiger partial charge on any atom is 0.238 e. The molecule has 2 aliphatic rings. The molecule has 1 aromatic rings. The molecule has 0 spiro atoms. The number of halogens is 2. The van der Waals surface area contributed by atoms with E-state index in [9.17, 15) is 9.59 Å². The summed E-state index contributed by atoms with van der Waals surface area (Å²) in [6.45, 7) is 2.12. The summed E-state index contributed by atoms with van der Waals surface area (Å²) in [4.78, 5) is 24.2. The molecule has 5 N–H and O–H groups in total. The lowest BCUT2D eigenvalue weighted by Crippen LogP contribution is -2.49. The van der Waals surface area contributed by atoms with Crippen LogP contribution in [0, 0.1) is 5.92 Å². The number of carbonyl (C=O) groups is 2. The molecule has 0 bridgehead atoms. The number of carbonyl (C=O) groups excluding carboxylic acids is 2. The summed E-state index contributed by atoms with van der Waals surface area (Å²) in [7, 11) is 0. The van der Waals surface area contributed by atoms with Crippen LogP contribution < -0.4 is 26.8 Å². The van der Waals surface area contributed by atoms with Crippen molar-refractivity contribution in [3.05, 3.63) is 28.7 Å². The van der Waals surface area contributed by atoms with Gasteiger partial charge in [-0.15, -0.1) is 12.4 Å². The second-order valence-corrected chi connectivity index (χ2v) is 7.04. The molecule has 2 heterocycles. The molecule has 0 aromatic heterocycles. The molecule has 1 aromatic carbocycles. The van der Waals surface area contributed by atoms with E-state index >= 15 is 0 Å². The zero-order valence-electron chi connectivity index (χ0n) is 13.7. The smallest absolute Gasteiger partial charge is 0.238 e. The van der Waals surface area contributed by atoms with Gasteiger partial charge in [-0.25, -0.2) is 5.43 Å². The van der Waals surface area contributed by atoms with Gasteiger partial charge in [-0.05, 0) is 37.2 Å². The Morgan fingerprint density at radius 2 is 1.96 bits per heavy atom. The number of rotatable bonds is 5. The average Bonchev–Trinajstić information content (AvgIpc) is 3.01. The number of hydrogen-bond acceptors (Lipinski definition) is 5. The van der Waals surface area contributed by atoms with Crippen molar-refractivity contribution in [3.63, 3.8) is 0 Å². The van der Waals surface area contributed by atoms with Crippen LogP contribution in [0.15, 0.2) is 28.7 Å². The van der Waals surface area contributed by atoms with Gasteiger partial charge in [0.15, 0.2) is 0 Å². The lowest BCUT2D eigenvalue weighted by Gasteiger charge is -2.27. The number of amides is 2. The first-order valence-corrected chi connectivity index (χ1v) is 8.97. The fraction of sp³-hybridized carbons (Fsp3) is 0.500. The van der Waals surface area contributed by atoms with Crippen molar-refractivity contribution in [1.29, 1.82) is 0 Å². The Kier molecular flexibility index (Phi) is 7.64. The topological polar surface area (TPSA) is 94.3 Å². The van der Waals surface area contributed by atoms with Crippen molar-refractivity contribution in [3.8, 4) is 0 Å². The molecule has 3 rings (SSSR count). The van der Waals surface area contributed by atoms with Crippen molar-refractivity contribution in [2.24, 2.45) is 5.92 Å². The summed E-state index contributed by atoms with van der Waals surface area (Å²) in [5.41, 5.74) is 7.01. The van der Waals surface area contributed by atoms with Crippen LogP contribution in [0.1, 0.15) is 12.8 Å². The van der Waals surface area contributed by atoms with Crippen LogP contribution in [0.25, 0.3) is 0 Å². The zero-order chi connectivity index (χ0) is 16.9. The molecule has 0 saturated carbocycles. The van der Waals surface area contributed by atoms with E-state index < -0.39 is 0 Å². The molecule has 0 aliphatic carbocycles. The predicted octanol–water partition coefficient (Wildman–Crippen LogP) is 0.770. The Morgan fingerprint density at radius 1 is 1.20 bits per heavy atom. The molecule has 0 radical (unpaired) electrons. The van der Waals surface area contributed by atoms with E-state index in [1.54, 1.807) is 0 Å². The van der Waals surface area contributed by atoms with E-state index in [2.05, 4.69) is 42.7 Å². The quantitative estimate of drug-likeness (QED) is 0.474. The molecule has 25 heavy (non-hydrogen) atoms. The second kappa shape index (κ2) is 9.49. The number of hydrogen-bond donors (Lipinski definition) is 5. The van der Waals surface area contributed by atoms with Crippen LogP contribution in [0.2, 0.25) is 0 Å². The van der Waals surface area contributed by atoms with Gasteiger partial charge in [0, 0.05) is 41.6 Å². The van der Waals surface area contributed by atoms with Crippen molar-refractivity contribution >= 4 is 45.8 Å². The first-order chi connectivity index (χ1) is 11.6. The highest BCUT2D eigenvalue weighted by atomic mass is 79.9. The van der Waals surface area contributed by atoms with Gasteiger partial charge in [0.2, 0.25) is 11.8 Å². The molecule has 9 heteroatoms. The zero-order valence-corrected chi connectivity index (χ0v) is 16.1. The summed E-state index contributed by atoms with van der Waals surface area (Å²) >= 11 is 3.35.